The van der Waals surface area contributed by atoms with E-state index in [-0.39, 0.29) is 28.6 Å². The first-order chi connectivity index (χ1) is 24.1. The van der Waals surface area contributed by atoms with Gasteiger partial charge in [0.25, 0.3) is 10.1 Å². The topological polar surface area (TPSA) is 173 Å². The van der Waals surface area contributed by atoms with Crippen LogP contribution in [0.1, 0.15) is 23.7 Å². The first-order valence-corrected chi connectivity index (χ1v) is 17.1. The molecule has 0 unspecified atom stereocenters. The van der Waals surface area contributed by atoms with Gasteiger partial charge in [-0.1, -0.05) is 40.6 Å². The van der Waals surface area contributed by atoms with Crippen LogP contribution in [0.4, 0.5) is 21.5 Å². The van der Waals surface area contributed by atoms with Crippen molar-refractivity contribution < 1.29 is 26.5 Å². The summed E-state index contributed by atoms with van der Waals surface area (Å²) in [5.74, 6) is -0.621. The highest BCUT2D eigenvalue weighted by Gasteiger charge is 2.17. The molecule has 16 heteroatoms. The number of rotatable bonds is 15. The van der Waals surface area contributed by atoms with Gasteiger partial charge >= 0.3 is 0 Å². The SMILES string of the molecule is CCOc1cc2ncc(C#N)c(Nc3ccc(F)c(Cl)c3)c2cc1NC(=O)/C=C/CNCc1cn(CCOS(=O)(=O)c2ccc(C)cc2)nn1. The Morgan fingerprint density at radius 1 is 1.16 bits per heavy atom. The Bertz CT molecular complexity index is 2190. The maximum absolute atomic E-state index is 13.7. The Labute approximate surface area is 292 Å². The fraction of sp³-hybridized carbons (Fsp3) is 0.206. The molecule has 0 saturated carbocycles. The average Bonchev–Trinajstić information content (AvgIpc) is 3.54. The second-order valence-electron chi connectivity index (χ2n) is 10.8. The molecular formula is C34H32ClFN8O5S. The monoisotopic (exact) mass is 718 g/mol. The number of amides is 1. The van der Waals surface area contributed by atoms with E-state index in [1.54, 1.807) is 36.5 Å². The highest BCUT2D eigenvalue weighted by molar-refractivity contribution is 7.86. The molecule has 0 saturated heterocycles. The second-order valence-corrected chi connectivity index (χ2v) is 12.8. The van der Waals surface area contributed by atoms with E-state index in [1.807, 2.05) is 13.8 Å². The van der Waals surface area contributed by atoms with Gasteiger partial charge in [0, 0.05) is 48.7 Å². The normalized spacial score (nSPS) is 11.5. The van der Waals surface area contributed by atoms with Gasteiger partial charge in [-0.05, 0) is 50.2 Å². The number of hydrogen-bond donors (Lipinski definition) is 3. The smallest absolute Gasteiger partial charge is 0.297 e. The number of aromatic nitrogens is 4. The molecule has 0 aliphatic heterocycles. The number of hydrogen-bond acceptors (Lipinski definition) is 11. The number of carbonyl (C=O) groups is 1. The summed E-state index contributed by atoms with van der Waals surface area (Å²) in [6, 6.07) is 15.9. The number of ether oxygens (including phenoxy) is 1. The number of nitrogens with one attached hydrogen (secondary N) is 3. The molecule has 1 amide bonds. The van der Waals surface area contributed by atoms with Crippen molar-refractivity contribution in [1.29, 1.82) is 5.26 Å². The molecule has 2 aromatic heterocycles. The molecule has 5 aromatic rings. The van der Waals surface area contributed by atoms with Gasteiger partial charge in [0.1, 0.15) is 17.6 Å². The lowest BCUT2D eigenvalue weighted by atomic mass is 10.1. The Morgan fingerprint density at radius 3 is 2.70 bits per heavy atom. The molecule has 0 atom stereocenters. The van der Waals surface area contributed by atoms with Crippen molar-refractivity contribution in [3.8, 4) is 11.8 Å². The fourth-order valence-corrected chi connectivity index (χ4v) is 5.78. The maximum Gasteiger partial charge on any atom is 0.297 e. The second kappa shape index (κ2) is 16.3. The molecule has 0 bridgehead atoms. The number of halogens is 2. The maximum atomic E-state index is 13.7. The molecule has 0 spiro atoms. The molecule has 3 N–H and O–H groups in total. The molecule has 0 aliphatic carbocycles. The molecule has 0 radical (unpaired) electrons. The van der Waals surface area contributed by atoms with Gasteiger partial charge in [0.2, 0.25) is 5.91 Å². The van der Waals surface area contributed by atoms with Crippen LogP contribution in [0, 0.1) is 24.1 Å². The van der Waals surface area contributed by atoms with Crippen LogP contribution >= 0.6 is 11.6 Å². The predicted molar refractivity (Wildman–Crippen MR) is 186 cm³/mol. The summed E-state index contributed by atoms with van der Waals surface area (Å²) < 4.78 is 50.8. The van der Waals surface area contributed by atoms with Crippen molar-refractivity contribution in [2.45, 2.75) is 31.8 Å². The van der Waals surface area contributed by atoms with Crippen LogP contribution in [0.25, 0.3) is 10.9 Å². The Hall–Kier alpha value is -5.40. The minimum atomic E-state index is -3.88. The standard InChI is InChI=1S/C34H32ClFN8O5S/c1-3-48-32-17-30-27(34(23(18-37)19-39-30)40-24-8-11-29(36)28(35)15-24)16-31(32)41-33(45)5-4-12-38-20-25-21-44(43-42-25)13-14-49-50(46,47)26-9-6-22(2)7-10-26/h4-11,15-17,19,21,38H,3,12-14,20H2,1-2H3,(H,39,40)(H,41,45)/b5-4+. The van der Waals surface area contributed by atoms with Gasteiger partial charge in [-0.2, -0.15) is 13.7 Å². The predicted octanol–water partition coefficient (Wildman–Crippen LogP) is 5.63. The first-order valence-electron chi connectivity index (χ1n) is 15.3. The van der Waals surface area contributed by atoms with Gasteiger partial charge in [-0.15, -0.1) is 5.10 Å². The largest absolute Gasteiger partial charge is 0.492 e. The molecular weight excluding hydrogens is 687 g/mol. The van der Waals surface area contributed by atoms with E-state index in [2.05, 4.69) is 37.3 Å². The van der Waals surface area contributed by atoms with E-state index in [9.17, 15) is 22.9 Å². The Balaban J connectivity index is 1.17. The Morgan fingerprint density at radius 2 is 1.96 bits per heavy atom. The summed E-state index contributed by atoms with van der Waals surface area (Å²) in [4.78, 5) is 17.4. The van der Waals surface area contributed by atoms with Crippen molar-refractivity contribution in [1.82, 2.24) is 25.3 Å². The summed E-state index contributed by atoms with van der Waals surface area (Å²) in [6.45, 7) is 4.75. The molecule has 5 rings (SSSR count). The van der Waals surface area contributed by atoms with Gasteiger partial charge in [0.15, 0.2) is 0 Å². The zero-order chi connectivity index (χ0) is 35.7. The number of carbonyl (C=O) groups excluding carboxylic acids is 1. The fourth-order valence-electron chi connectivity index (χ4n) is 4.70. The summed E-state index contributed by atoms with van der Waals surface area (Å²) in [6.07, 6.45) is 6.07. The van der Waals surface area contributed by atoms with Crippen LogP contribution < -0.4 is 20.7 Å². The summed E-state index contributed by atoms with van der Waals surface area (Å²) in [5.41, 5.74) is 3.48. The third-order valence-corrected chi connectivity index (χ3v) is 8.74. The van der Waals surface area contributed by atoms with E-state index >= 15 is 0 Å². The summed E-state index contributed by atoms with van der Waals surface area (Å²) in [5, 5.41) is 27.3. The number of anilines is 3. The molecule has 3 aromatic carbocycles. The number of pyridine rings is 1. The van der Waals surface area contributed by atoms with Crippen molar-refractivity contribution >= 4 is 55.6 Å². The van der Waals surface area contributed by atoms with Crippen molar-refractivity contribution in [2.24, 2.45) is 0 Å². The quantitative estimate of drug-likeness (QED) is 0.0696. The lowest BCUT2D eigenvalue weighted by Gasteiger charge is -2.16. The van der Waals surface area contributed by atoms with E-state index in [0.717, 1.165) is 5.56 Å². The van der Waals surface area contributed by atoms with Gasteiger partial charge in [-0.3, -0.25) is 14.0 Å². The third kappa shape index (κ3) is 9.18. The highest BCUT2D eigenvalue weighted by atomic mass is 35.5. The summed E-state index contributed by atoms with van der Waals surface area (Å²) >= 11 is 5.96. The van der Waals surface area contributed by atoms with Crippen molar-refractivity contribution in [2.75, 3.05) is 30.4 Å². The number of fused-ring (bicyclic) bond motifs is 1. The number of nitrogens with zero attached hydrogens (tertiary/aromatic N) is 5. The van der Waals surface area contributed by atoms with Crippen LogP contribution in [-0.4, -0.2) is 54.1 Å². The zero-order valence-electron chi connectivity index (χ0n) is 27.0. The minimum Gasteiger partial charge on any atom is -0.492 e. The number of aryl methyl sites for hydroxylation is 1. The molecule has 13 nitrogen and oxygen atoms in total. The highest BCUT2D eigenvalue weighted by Crippen LogP contribution is 2.36. The molecule has 0 fully saturated rings. The molecule has 50 heavy (non-hydrogen) atoms. The zero-order valence-corrected chi connectivity index (χ0v) is 28.6. The van der Waals surface area contributed by atoms with Crippen LogP contribution in [0.3, 0.4) is 0 Å². The van der Waals surface area contributed by atoms with Gasteiger partial charge in [-0.25, -0.2) is 9.07 Å². The Kier molecular flexibility index (Phi) is 11.7. The molecule has 0 aliphatic rings. The van der Waals surface area contributed by atoms with E-state index in [1.165, 1.54) is 47.3 Å². The van der Waals surface area contributed by atoms with E-state index in [0.29, 0.717) is 59.1 Å². The number of benzene rings is 3. The lowest BCUT2D eigenvalue weighted by molar-refractivity contribution is -0.111. The number of nitriles is 1. The van der Waals surface area contributed by atoms with E-state index < -0.39 is 21.8 Å². The summed E-state index contributed by atoms with van der Waals surface area (Å²) in [7, 11) is -3.88. The van der Waals surface area contributed by atoms with E-state index in [4.69, 9.17) is 20.5 Å². The van der Waals surface area contributed by atoms with Crippen LogP contribution in [-0.2, 0) is 32.2 Å². The van der Waals surface area contributed by atoms with Crippen LogP contribution in [0.5, 0.6) is 5.75 Å². The van der Waals surface area contributed by atoms with Crippen molar-refractivity contribution in [3.63, 3.8) is 0 Å². The lowest BCUT2D eigenvalue weighted by Crippen LogP contribution is -2.15. The first kappa shape index (κ1) is 35.9. The third-order valence-electron chi connectivity index (χ3n) is 7.13. The van der Waals surface area contributed by atoms with Crippen LogP contribution in [0.15, 0.2) is 84.0 Å². The van der Waals surface area contributed by atoms with Gasteiger partial charge in [0.05, 0.1) is 57.8 Å². The molecule has 2 heterocycles. The average molecular weight is 719 g/mol. The van der Waals surface area contributed by atoms with Crippen LogP contribution in [0.2, 0.25) is 5.02 Å². The minimum absolute atomic E-state index is 0.0825. The van der Waals surface area contributed by atoms with Gasteiger partial charge < -0.3 is 20.7 Å². The molecule has 258 valence electrons. The van der Waals surface area contributed by atoms with Crippen molar-refractivity contribution in [3.05, 3.63) is 107 Å².